The zero-order valence-electron chi connectivity index (χ0n) is 6.26. The summed E-state index contributed by atoms with van der Waals surface area (Å²) in [6, 6.07) is -1.74. The number of carboxylic acids is 1. The zero-order valence-corrected chi connectivity index (χ0v) is 4.26. The second kappa shape index (κ2) is 2.96. The van der Waals surface area contributed by atoms with Crippen LogP contribution < -0.4 is 0 Å². The van der Waals surface area contributed by atoms with Crippen LogP contribution in [0, 0.1) is 0 Å². The zero-order chi connectivity index (χ0) is 8.31. The summed E-state index contributed by atoms with van der Waals surface area (Å²) in [7, 11) is 0. The van der Waals surface area contributed by atoms with Gasteiger partial charge in [0.25, 0.3) is 0 Å². The Morgan fingerprint density at radius 2 is 2.12 bits per heavy atom. The summed E-state index contributed by atoms with van der Waals surface area (Å²) in [6.45, 7) is 1.04. The Labute approximate surface area is 49.4 Å². The lowest BCUT2D eigenvalue weighted by atomic mass is 10.4. The minimum Gasteiger partial charge on any atom is -0.478 e. The van der Waals surface area contributed by atoms with E-state index in [4.69, 9.17) is 7.85 Å². The van der Waals surface area contributed by atoms with Crippen molar-refractivity contribution in [3.8, 4) is 0 Å². The summed E-state index contributed by atoms with van der Waals surface area (Å²) in [6.07, 6.45) is 0. The number of aliphatic carboxylic acids is 1. The van der Waals surface area contributed by atoms with E-state index in [0.717, 1.165) is 6.92 Å². The molecule has 0 saturated heterocycles. The smallest absolute Gasteiger partial charge is 0.328 e. The number of carboxylic acid groups (broad SMARTS) is 1. The number of ketones is 1. The van der Waals surface area contributed by atoms with Crippen LogP contribution in [-0.2, 0) is 9.59 Å². The van der Waals surface area contributed by atoms with Gasteiger partial charge in [0, 0.05) is 6.05 Å². The quantitative estimate of drug-likeness (QED) is 0.525. The molecule has 44 valence electrons. The van der Waals surface area contributed by atoms with E-state index in [9.17, 15) is 9.59 Å². The van der Waals surface area contributed by atoms with Crippen molar-refractivity contribution >= 4 is 11.8 Å². The molecule has 0 heterocycles. The standard InChI is InChI=1S/C5H6O3/c1-4(6)2-3-5(7)8/h2-3H,1H3,(H,7,8)/b3-2+/i2D,3D. The largest absolute Gasteiger partial charge is 0.478 e. The lowest BCUT2D eigenvalue weighted by molar-refractivity contribution is -0.131. The van der Waals surface area contributed by atoms with Crippen LogP contribution in [0.4, 0.5) is 0 Å². The van der Waals surface area contributed by atoms with Crippen LogP contribution in [0.25, 0.3) is 0 Å². The third-order valence-corrected chi connectivity index (χ3v) is 0.345. The Hall–Kier alpha value is -1.12. The molecule has 0 fully saturated rings. The molecule has 0 spiro atoms. The van der Waals surface area contributed by atoms with Crippen LogP contribution in [0.3, 0.4) is 0 Å². The van der Waals surface area contributed by atoms with E-state index in [1.54, 1.807) is 0 Å². The molecular weight excluding hydrogens is 108 g/mol. The highest BCUT2D eigenvalue weighted by Gasteiger charge is 1.85. The molecule has 0 aromatic heterocycles. The van der Waals surface area contributed by atoms with Gasteiger partial charge in [0.1, 0.15) is 0 Å². The van der Waals surface area contributed by atoms with Crippen molar-refractivity contribution in [3.05, 3.63) is 12.1 Å². The van der Waals surface area contributed by atoms with Crippen LogP contribution >= 0.6 is 0 Å². The fourth-order valence-electron chi connectivity index (χ4n) is 0.141. The van der Waals surface area contributed by atoms with Gasteiger partial charge in [0.05, 0.1) is 2.74 Å². The molecule has 0 aromatic rings. The van der Waals surface area contributed by atoms with Gasteiger partial charge >= 0.3 is 5.97 Å². The number of allylic oxidation sites excluding steroid dienone is 1. The minimum absolute atomic E-state index is 0.715. The van der Waals surface area contributed by atoms with Crippen LogP contribution in [-0.4, -0.2) is 16.9 Å². The maximum atomic E-state index is 10.3. The molecule has 0 atom stereocenters. The second-order valence-corrected chi connectivity index (χ2v) is 1.11. The fourth-order valence-corrected chi connectivity index (χ4v) is 0.141. The van der Waals surface area contributed by atoms with Crippen molar-refractivity contribution in [2.75, 3.05) is 0 Å². The van der Waals surface area contributed by atoms with Gasteiger partial charge in [0.2, 0.25) is 0 Å². The highest BCUT2D eigenvalue weighted by atomic mass is 16.4. The van der Waals surface area contributed by atoms with E-state index in [2.05, 4.69) is 0 Å². The van der Waals surface area contributed by atoms with Crippen molar-refractivity contribution in [2.24, 2.45) is 0 Å². The first-order chi connectivity index (χ1) is 4.46. The summed E-state index contributed by atoms with van der Waals surface area (Å²) in [5.74, 6) is -2.27. The maximum absolute atomic E-state index is 10.3. The Balaban J connectivity index is 4.67. The van der Waals surface area contributed by atoms with Gasteiger partial charge in [-0.3, -0.25) is 4.79 Å². The summed E-state index contributed by atoms with van der Waals surface area (Å²) in [4.78, 5) is 20.2. The van der Waals surface area contributed by atoms with E-state index in [0.29, 0.717) is 0 Å². The molecule has 1 N–H and O–H groups in total. The topological polar surface area (TPSA) is 54.4 Å². The van der Waals surface area contributed by atoms with Crippen molar-refractivity contribution in [1.29, 1.82) is 0 Å². The third-order valence-electron chi connectivity index (χ3n) is 0.345. The molecular formula is C5H6O3. The Bertz CT molecular complexity index is 185. The van der Waals surface area contributed by atoms with E-state index in [1.807, 2.05) is 0 Å². The van der Waals surface area contributed by atoms with Gasteiger partial charge in [-0.15, -0.1) is 0 Å². The Morgan fingerprint density at radius 3 is 2.25 bits per heavy atom. The predicted molar refractivity (Wildman–Crippen MR) is 27.5 cm³/mol. The molecule has 0 unspecified atom stereocenters. The van der Waals surface area contributed by atoms with E-state index in [-0.39, 0.29) is 0 Å². The van der Waals surface area contributed by atoms with Crippen LogP contribution in [0.1, 0.15) is 9.67 Å². The van der Waals surface area contributed by atoms with E-state index < -0.39 is 23.9 Å². The summed E-state index contributed by atoms with van der Waals surface area (Å²) in [5.41, 5.74) is 0. The van der Waals surface area contributed by atoms with Crippen molar-refractivity contribution in [1.82, 2.24) is 0 Å². The monoisotopic (exact) mass is 116 g/mol. The normalized spacial score (nSPS) is 15.6. The van der Waals surface area contributed by atoms with Crippen LogP contribution in [0.5, 0.6) is 0 Å². The van der Waals surface area contributed by atoms with Crippen LogP contribution in [0.15, 0.2) is 12.1 Å². The average molecular weight is 116 g/mol. The number of hydrogen-bond acceptors (Lipinski definition) is 2. The summed E-state index contributed by atoms with van der Waals surface area (Å²) < 4.78 is 13.4. The summed E-state index contributed by atoms with van der Waals surface area (Å²) >= 11 is 0. The summed E-state index contributed by atoms with van der Waals surface area (Å²) in [5, 5.41) is 8.08. The van der Waals surface area contributed by atoms with Gasteiger partial charge in [-0.05, 0) is 13.0 Å². The first kappa shape index (κ1) is 3.83. The maximum Gasteiger partial charge on any atom is 0.328 e. The van der Waals surface area contributed by atoms with Crippen molar-refractivity contribution in [3.63, 3.8) is 0 Å². The molecule has 3 nitrogen and oxygen atoms in total. The first-order valence-corrected chi connectivity index (χ1v) is 1.88. The van der Waals surface area contributed by atoms with Crippen molar-refractivity contribution < 1.29 is 17.4 Å². The minimum atomic E-state index is -1.56. The van der Waals surface area contributed by atoms with Gasteiger partial charge < -0.3 is 5.11 Å². The number of carbonyl (C=O) groups is 2. The van der Waals surface area contributed by atoms with E-state index >= 15 is 0 Å². The van der Waals surface area contributed by atoms with Gasteiger partial charge in [0.15, 0.2) is 5.78 Å². The molecule has 0 aliphatic carbocycles. The van der Waals surface area contributed by atoms with Gasteiger partial charge in [-0.2, -0.15) is 0 Å². The Morgan fingerprint density at radius 1 is 1.62 bits per heavy atom. The molecule has 0 bridgehead atoms. The van der Waals surface area contributed by atoms with Crippen molar-refractivity contribution in [2.45, 2.75) is 6.92 Å². The lowest BCUT2D eigenvalue weighted by Gasteiger charge is -1.74. The molecule has 0 rings (SSSR count). The molecule has 0 radical (unpaired) electrons. The number of carbonyl (C=O) groups excluding carboxylic acids is 1. The molecule has 3 heteroatoms. The highest BCUT2D eigenvalue weighted by Crippen LogP contribution is 1.73. The molecule has 0 saturated carbocycles. The first-order valence-electron chi connectivity index (χ1n) is 2.88. The Kier molecular flexibility index (Phi) is 1.42. The molecule has 0 aliphatic rings. The van der Waals surface area contributed by atoms with Crippen LogP contribution in [0.2, 0.25) is 0 Å². The number of hydrogen-bond donors (Lipinski definition) is 1. The van der Waals surface area contributed by atoms with Gasteiger partial charge in [-0.25, -0.2) is 4.79 Å². The predicted octanol–water partition coefficient (Wildman–Crippen LogP) is 0.216. The highest BCUT2D eigenvalue weighted by molar-refractivity contribution is 5.93. The third kappa shape index (κ3) is 4.88. The number of rotatable bonds is 2. The fraction of sp³-hybridized carbons (Fsp3) is 0.200. The average Bonchev–Trinajstić information content (AvgIpc) is 1.84. The lowest BCUT2D eigenvalue weighted by Crippen LogP contribution is -1.89. The molecule has 0 amide bonds. The van der Waals surface area contributed by atoms with E-state index in [1.165, 1.54) is 0 Å². The molecule has 0 aromatic carbocycles. The van der Waals surface area contributed by atoms with Gasteiger partial charge in [-0.1, -0.05) is 0 Å². The SMILES string of the molecule is [2H]/C(C(C)=O)=C(/[2H])C(=O)O. The second-order valence-electron chi connectivity index (χ2n) is 1.11. The molecule has 8 heavy (non-hydrogen) atoms. The molecule has 0 aliphatic heterocycles.